The van der Waals surface area contributed by atoms with E-state index >= 15 is 0 Å². The molecule has 0 radical (unpaired) electrons. The van der Waals surface area contributed by atoms with Gasteiger partial charge in [0.2, 0.25) is 0 Å². The van der Waals surface area contributed by atoms with Crippen molar-refractivity contribution in [1.29, 1.82) is 5.41 Å². The number of hydrogen-bond donors (Lipinski definition) is 3. The first-order chi connectivity index (χ1) is 12.1. The summed E-state index contributed by atoms with van der Waals surface area (Å²) in [5, 5.41) is 9.74. The van der Waals surface area contributed by atoms with Crippen molar-refractivity contribution >= 4 is 11.7 Å². The maximum Gasteiger partial charge on any atom is 0.251 e. The number of hydrogen-bond acceptors (Lipinski definition) is 2. The Morgan fingerprint density at radius 1 is 0.920 bits per heavy atom. The summed E-state index contributed by atoms with van der Waals surface area (Å²) < 4.78 is 0. The van der Waals surface area contributed by atoms with Gasteiger partial charge in [0.25, 0.3) is 5.91 Å². The third-order valence-electron chi connectivity index (χ3n) is 4.47. The third-order valence-corrected chi connectivity index (χ3v) is 4.47. The molecule has 25 heavy (non-hydrogen) atoms. The molecule has 0 spiro atoms. The van der Waals surface area contributed by atoms with E-state index < -0.39 is 0 Å². The van der Waals surface area contributed by atoms with Crippen molar-refractivity contribution in [2.45, 2.75) is 77.6 Å². The topological polar surface area (TPSA) is 79.0 Å². The Bertz CT molecular complexity index is 496. The zero-order valence-corrected chi connectivity index (χ0v) is 15.8. The minimum atomic E-state index is -0.180. The van der Waals surface area contributed by atoms with E-state index in [4.69, 9.17) is 11.1 Å². The molecule has 0 aromatic heterocycles. The number of benzene rings is 1. The van der Waals surface area contributed by atoms with Crippen LogP contribution in [-0.4, -0.2) is 18.3 Å². The number of unbranched alkanes of at least 4 members (excludes halogenated alkanes) is 9. The van der Waals surface area contributed by atoms with Crippen LogP contribution >= 0.6 is 0 Å². The van der Waals surface area contributed by atoms with Crippen molar-refractivity contribution in [3.05, 3.63) is 35.4 Å². The van der Waals surface area contributed by atoms with Gasteiger partial charge in [-0.25, -0.2) is 0 Å². The van der Waals surface area contributed by atoms with Crippen LogP contribution in [0.5, 0.6) is 0 Å². The minimum absolute atomic E-state index is 0.0362. The lowest BCUT2D eigenvalue weighted by atomic mass is 10.0. The molecule has 0 aliphatic heterocycles. The van der Waals surface area contributed by atoms with Gasteiger partial charge in [0.15, 0.2) is 0 Å². The second-order valence-corrected chi connectivity index (χ2v) is 6.84. The first-order valence-corrected chi connectivity index (χ1v) is 9.83. The average molecular weight is 346 g/mol. The number of carbonyl (C=O) groups excluding carboxylic acids is 1. The number of nitrogens with one attached hydrogen (secondary N) is 2. The first kappa shape index (κ1) is 21.2. The molecular weight excluding hydrogens is 310 g/mol. The van der Waals surface area contributed by atoms with Crippen molar-refractivity contribution in [3.63, 3.8) is 0 Å². The Labute approximate surface area is 153 Å². The number of carbonyl (C=O) groups is 1. The van der Waals surface area contributed by atoms with Crippen LogP contribution in [0.15, 0.2) is 24.3 Å². The average Bonchev–Trinajstić information content (AvgIpc) is 2.61. The van der Waals surface area contributed by atoms with E-state index in [1.807, 2.05) is 24.3 Å². The van der Waals surface area contributed by atoms with Crippen LogP contribution in [0.25, 0.3) is 0 Å². The zero-order valence-electron chi connectivity index (χ0n) is 15.8. The molecule has 0 saturated heterocycles. The Hall–Kier alpha value is -1.84. The molecule has 0 heterocycles. The van der Waals surface area contributed by atoms with Gasteiger partial charge in [-0.3, -0.25) is 10.2 Å². The fraction of sp³-hybridized carbons (Fsp3) is 0.619. The van der Waals surface area contributed by atoms with E-state index in [0.717, 1.165) is 6.42 Å². The maximum absolute atomic E-state index is 11.8. The van der Waals surface area contributed by atoms with Gasteiger partial charge in [-0.1, -0.05) is 76.8 Å². The van der Waals surface area contributed by atoms with Gasteiger partial charge in [0.05, 0.1) is 6.54 Å². The van der Waals surface area contributed by atoms with Gasteiger partial charge in [-0.2, -0.15) is 0 Å². The van der Waals surface area contributed by atoms with E-state index in [9.17, 15) is 4.79 Å². The Balaban J connectivity index is 2.09. The largest absolute Gasteiger partial charge is 0.386 e. The summed E-state index contributed by atoms with van der Waals surface area (Å²) in [4.78, 5) is 11.8. The van der Waals surface area contributed by atoms with Crippen molar-refractivity contribution in [3.8, 4) is 0 Å². The van der Waals surface area contributed by atoms with Crippen molar-refractivity contribution in [2.75, 3.05) is 6.54 Å². The van der Waals surface area contributed by atoms with E-state index in [0.29, 0.717) is 5.56 Å². The molecule has 0 saturated carbocycles. The second-order valence-electron chi connectivity index (χ2n) is 6.84. The van der Waals surface area contributed by atoms with Crippen LogP contribution in [-0.2, 0) is 6.42 Å². The van der Waals surface area contributed by atoms with Crippen LogP contribution in [0.1, 0.15) is 87.1 Å². The molecule has 1 aromatic rings. The maximum atomic E-state index is 11.8. The summed E-state index contributed by atoms with van der Waals surface area (Å²) in [6, 6.07) is 7.75. The molecule has 0 fully saturated rings. The standard InChI is InChI=1S/C21H35N3O/c1-2-3-4-5-6-7-8-9-10-11-12-18-13-15-19(16-14-18)21(25)24-17-20(22)23/h13-16H,2-12,17H2,1H3,(H3,22,23)(H,24,25). The van der Waals surface area contributed by atoms with Crippen LogP contribution in [0.2, 0.25) is 0 Å². The normalized spacial score (nSPS) is 10.6. The van der Waals surface area contributed by atoms with Crippen molar-refractivity contribution in [2.24, 2.45) is 5.73 Å². The molecule has 0 aliphatic carbocycles. The monoisotopic (exact) mass is 345 g/mol. The van der Waals surface area contributed by atoms with Gasteiger partial charge in [0, 0.05) is 5.56 Å². The molecule has 0 atom stereocenters. The number of amidine groups is 1. The van der Waals surface area contributed by atoms with Crippen molar-refractivity contribution in [1.82, 2.24) is 5.32 Å². The fourth-order valence-electron chi connectivity index (χ4n) is 2.92. The van der Waals surface area contributed by atoms with Crippen molar-refractivity contribution < 1.29 is 4.79 Å². The van der Waals surface area contributed by atoms with Gasteiger partial charge >= 0.3 is 0 Å². The highest BCUT2D eigenvalue weighted by atomic mass is 16.1. The Morgan fingerprint density at radius 3 is 1.96 bits per heavy atom. The molecule has 0 bridgehead atoms. The highest BCUT2D eigenvalue weighted by molar-refractivity contribution is 5.96. The number of amides is 1. The molecule has 4 heteroatoms. The zero-order chi connectivity index (χ0) is 18.3. The first-order valence-electron chi connectivity index (χ1n) is 9.83. The number of aryl methyl sites for hydroxylation is 1. The lowest BCUT2D eigenvalue weighted by Crippen LogP contribution is -2.32. The van der Waals surface area contributed by atoms with Crippen LogP contribution < -0.4 is 11.1 Å². The molecule has 1 amide bonds. The summed E-state index contributed by atoms with van der Waals surface area (Å²) >= 11 is 0. The van der Waals surface area contributed by atoms with Crippen LogP contribution in [0.4, 0.5) is 0 Å². The lowest BCUT2D eigenvalue weighted by Gasteiger charge is -2.06. The van der Waals surface area contributed by atoms with Gasteiger partial charge in [-0.15, -0.1) is 0 Å². The SMILES string of the molecule is CCCCCCCCCCCCc1ccc(C(=O)NCC(=N)N)cc1. The lowest BCUT2D eigenvalue weighted by molar-refractivity contribution is 0.0959. The van der Waals surface area contributed by atoms with E-state index in [2.05, 4.69) is 12.2 Å². The quantitative estimate of drug-likeness (QED) is 0.257. The van der Waals surface area contributed by atoms with E-state index in [1.165, 1.54) is 69.8 Å². The summed E-state index contributed by atoms with van der Waals surface area (Å²) in [7, 11) is 0. The predicted molar refractivity (Wildman–Crippen MR) is 106 cm³/mol. The molecule has 1 aromatic carbocycles. The molecule has 140 valence electrons. The van der Waals surface area contributed by atoms with Gasteiger partial charge in [0.1, 0.15) is 5.84 Å². The highest BCUT2D eigenvalue weighted by Crippen LogP contribution is 2.13. The summed E-state index contributed by atoms with van der Waals surface area (Å²) in [6.45, 7) is 2.36. The molecule has 0 unspecified atom stereocenters. The molecular formula is C21H35N3O. The fourth-order valence-corrected chi connectivity index (χ4v) is 2.92. The Kier molecular flexibility index (Phi) is 11.4. The summed E-state index contributed by atoms with van der Waals surface area (Å²) in [5.41, 5.74) is 7.14. The Morgan fingerprint density at radius 2 is 1.44 bits per heavy atom. The predicted octanol–water partition coefficient (Wildman–Crippen LogP) is 4.82. The summed E-state index contributed by atoms with van der Waals surface area (Å²) in [6.07, 6.45) is 14.6. The number of nitrogens with two attached hydrogens (primary N) is 1. The highest BCUT2D eigenvalue weighted by Gasteiger charge is 2.05. The van der Waals surface area contributed by atoms with Gasteiger partial charge in [-0.05, 0) is 30.5 Å². The molecule has 4 N–H and O–H groups in total. The second kappa shape index (κ2) is 13.5. The van der Waals surface area contributed by atoms with E-state index in [-0.39, 0.29) is 18.3 Å². The van der Waals surface area contributed by atoms with E-state index in [1.54, 1.807) is 0 Å². The third kappa shape index (κ3) is 10.6. The molecule has 1 rings (SSSR count). The van der Waals surface area contributed by atoms with Crippen LogP contribution in [0, 0.1) is 5.41 Å². The van der Waals surface area contributed by atoms with Gasteiger partial charge < -0.3 is 11.1 Å². The van der Waals surface area contributed by atoms with Crippen LogP contribution in [0.3, 0.4) is 0 Å². The smallest absolute Gasteiger partial charge is 0.251 e. The molecule has 0 aliphatic rings. The number of rotatable bonds is 14. The minimum Gasteiger partial charge on any atom is -0.386 e. The molecule has 4 nitrogen and oxygen atoms in total. The summed E-state index contributed by atoms with van der Waals surface area (Å²) in [5.74, 6) is -0.216.